The van der Waals surface area contributed by atoms with Gasteiger partial charge in [-0.15, -0.1) is 0 Å². The Morgan fingerprint density at radius 2 is 1.89 bits per heavy atom. The molecular weight excluding hydrogens is 236 g/mol. The number of ether oxygens (including phenoxy) is 1. The highest BCUT2D eigenvalue weighted by atomic mass is 16.5. The summed E-state index contributed by atoms with van der Waals surface area (Å²) < 4.78 is 5.78. The number of nitrogens with one attached hydrogen (secondary N) is 1. The molecule has 2 aliphatic rings. The number of amidine groups is 1. The lowest BCUT2D eigenvalue weighted by Gasteiger charge is -2.31. The van der Waals surface area contributed by atoms with E-state index in [4.69, 9.17) is 10.1 Å². The van der Waals surface area contributed by atoms with Gasteiger partial charge >= 0.3 is 0 Å². The quantitative estimate of drug-likeness (QED) is 0.614. The Labute approximate surface area is 115 Å². The third-order valence-electron chi connectivity index (χ3n) is 4.22. The molecule has 3 heteroatoms. The number of hydrogen-bond donors (Lipinski definition) is 1. The first kappa shape index (κ1) is 12.5. The van der Waals surface area contributed by atoms with Crippen molar-refractivity contribution in [3.63, 3.8) is 0 Å². The molecule has 0 radical (unpaired) electrons. The van der Waals surface area contributed by atoms with Crippen LogP contribution < -0.4 is 9.64 Å². The number of anilines is 1. The Kier molecular flexibility index (Phi) is 3.72. The van der Waals surface area contributed by atoms with Gasteiger partial charge < -0.3 is 9.64 Å². The molecule has 3 nitrogen and oxygen atoms in total. The van der Waals surface area contributed by atoms with Crippen LogP contribution in [0.5, 0.6) is 5.75 Å². The van der Waals surface area contributed by atoms with Crippen molar-refractivity contribution in [3.8, 4) is 5.75 Å². The van der Waals surface area contributed by atoms with Gasteiger partial charge in [0.05, 0.1) is 12.3 Å². The van der Waals surface area contributed by atoms with Gasteiger partial charge in [0, 0.05) is 12.5 Å². The lowest BCUT2D eigenvalue weighted by atomic mass is 9.87. The van der Waals surface area contributed by atoms with E-state index in [1.165, 1.54) is 32.1 Å². The molecule has 0 saturated heterocycles. The van der Waals surface area contributed by atoms with Crippen LogP contribution in [0.4, 0.5) is 5.69 Å². The Balaban J connectivity index is 1.84. The van der Waals surface area contributed by atoms with Crippen molar-refractivity contribution in [3.05, 3.63) is 24.3 Å². The summed E-state index contributed by atoms with van der Waals surface area (Å²) in [4.78, 5) is 2.18. The summed E-state index contributed by atoms with van der Waals surface area (Å²) in [6.45, 7) is 1.66. The highest BCUT2D eigenvalue weighted by Crippen LogP contribution is 2.34. The van der Waals surface area contributed by atoms with Crippen LogP contribution in [0.25, 0.3) is 0 Å². The van der Waals surface area contributed by atoms with Crippen LogP contribution in [0, 0.1) is 11.3 Å². The molecule has 1 aliphatic heterocycles. The molecular formula is C16H22N2O. The monoisotopic (exact) mass is 258 g/mol. The average Bonchev–Trinajstić information content (AvgIpc) is 2.70. The minimum atomic E-state index is 0.444. The molecule has 1 fully saturated rings. The van der Waals surface area contributed by atoms with E-state index in [9.17, 15) is 0 Å². The van der Waals surface area contributed by atoms with Crippen molar-refractivity contribution in [2.45, 2.75) is 38.5 Å². The van der Waals surface area contributed by atoms with Crippen LogP contribution in [0.2, 0.25) is 0 Å². The number of rotatable bonds is 1. The van der Waals surface area contributed by atoms with Crippen LogP contribution >= 0.6 is 0 Å². The van der Waals surface area contributed by atoms with E-state index in [0.717, 1.165) is 36.8 Å². The molecule has 19 heavy (non-hydrogen) atoms. The molecule has 0 unspecified atom stereocenters. The van der Waals surface area contributed by atoms with E-state index in [1.807, 2.05) is 18.2 Å². The highest BCUT2D eigenvalue weighted by molar-refractivity contribution is 5.98. The summed E-state index contributed by atoms with van der Waals surface area (Å²) in [5.41, 5.74) is 1.08. The van der Waals surface area contributed by atoms with Crippen LogP contribution in [-0.4, -0.2) is 19.0 Å². The van der Waals surface area contributed by atoms with Gasteiger partial charge in [0.2, 0.25) is 0 Å². The maximum Gasteiger partial charge on any atom is 0.142 e. The molecule has 3 rings (SSSR count). The summed E-state index contributed by atoms with van der Waals surface area (Å²) in [6.07, 6.45) is 7.24. The van der Waals surface area contributed by atoms with Gasteiger partial charge in [-0.05, 0) is 31.4 Å². The Hall–Kier alpha value is -1.51. The summed E-state index contributed by atoms with van der Waals surface area (Å²) >= 11 is 0. The molecule has 1 saturated carbocycles. The molecule has 0 bridgehead atoms. The first-order valence-electron chi connectivity index (χ1n) is 7.44. The first-order chi connectivity index (χ1) is 9.36. The van der Waals surface area contributed by atoms with Crippen molar-refractivity contribution in [2.75, 3.05) is 18.1 Å². The normalized spacial score (nSPS) is 20.3. The molecule has 1 aliphatic carbocycles. The number of para-hydroxylation sites is 2. The zero-order valence-electron chi connectivity index (χ0n) is 11.4. The smallest absolute Gasteiger partial charge is 0.142 e. The zero-order valence-corrected chi connectivity index (χ0v) is 11.4. The largest absolute Gasteiger partial charge is 0.491 e. The Bertz CT molecular complexity index is 452. The van der Waals surface area contributed by atoms with Crippen LogP contribution in [-0.2, 0) is 0 Å². The molecule has 1 aromatic carbocycles. The molecule has 0 amide bonds. The molecule has 1 N–H and O–H groups in total. The summed E-state index contributed by atoms with van der Waals surface area (Å²) in [7, 11) is 0. The second-order valence-corrected chi connectivity index (χ2v) is 5.54. The number of benzene rings is 1. The van der Waals surface area contributed by atoms with Gasteiger partial charge in [0.25, 0.3) is 0 Å². The number of hydrogen-bond acceptors (Lipinski definition) is 2. The fourth-order valence-electron chi connectivity index (χ4n) is 3.17. The predicted molar refractivity (Wildman–Crippen MR) is 78.2 cm³/mol. The molecule has 0 atom stereocenters. The lowest BCUT2D eigenvalue weighted by Crippen LogP contribution is -2.37. The van der Waals surface area contributed by atoms with Gasteiger partial charge in [-0.1, -0.05) is 31.4 Å². The second-order valence-electron chi connectivity index (χ2n) is 5.54. The van der Waals surface area contributed by atoms with Gasteiger partial charge in [-0.3, -0.25) is 5.41 Å². The van der Waals surface area contributed by atoms with E-state index >= 15 is 0 Å². The van der Waals surface area contributed by atoms with Crippen LogP contribution in [0.1, 0.15) is 38.5 Å². The van der Waals surface area contributed by atoms with Crippen molar-refractivity contribution in [2.24, 2.45) is 5.92 Å². The maximum atomic E-state index is 8.58. The third kappa shape index (κ3) is 2.60. The van der Waals surface area contributed by atoms with Gasteiger partial charge in [-0.25, -0.2) is 0 Å². The van der Waals surface area contributed by atoms with Crippen LogP contribution in [0.3, 0.4) is 0 Å². The van der Waals surface area contributed by atoms with E-state index in [2.05, 4.69) is 11.0 Å². The fourth-order valence-corrected chi connectivity index (χ4v) is 3.17. The summed E-state index contributed by atoms with van der Waals surface area (Å²) in [5, 5.41) is 8.58. The summed E-state index contributed by atoms with van der Waals surface area (Å²) in [6, 6.07) is 8.14. The van der Waals surface area contributed by atoms with Crippen molar-refractivity contribution >= 4 is 11.5 Å². The first-order valence-corrected chi connectivity index (χ1v) is 7.44. The van der Waals surface area contributed by atoms with E-state index in [0.29, 0.717) is 5.92 Å². The van der Waals surface area contributed by atoms with Gasteiger partial charge in [0.15, 0.2) is 0 Å². The summed E-state index contributed by atoms with van der Waals surface area (Å²) in [5.74, 6) is 2.18. The minimum absolute atomic E-state index is 0.444. The molecule has 0 aromatic heterocycles. The van der Waals surface area contributed by atoms with E-state index in [1.54, 1.807) is 0 Å². The molecule has 0 spiro atoms. The third-order valence-corrected chi connectivity index (χ3v) is 4.22. The minimum Gasteiger partial charge on any atom is -0.491 e. The van der Waals surface area contributed by atoms with Crippen molar-refractivity contribution in [1.82, 2.24) is 0 Å². The fraction of sp³-hybridized carbons (Fsp3) is 0.562. The predicted octanol–water partition coefficient (Wildman–Crippen LogP) is 3.83. The number of fused-ring (bicyclic) bond motifs is 1. The van der Waals surface area contributed by atoms with E-state index < -0.39 is 0 Å². The molecule has 102 valence electrons. The SMILES string of the molecule is N=C(C1CCCCC1)N1CCCOc2ccccc21. The maximum absolute atomic E-state index is 8.58. The molecule has 1 aromatic rings. The Morgan fingerprint density at radius 3 is 2.74 bits per heavy atom. The molecule has 1 heterocycles. The average molecular weight is 258 g/mol. The Morgan fingerprint density at radius 1 is 1.11 bits per heavy atom. The topological polar surface area (TPSA) is 36.3 Å². The van der Waals surface area contributed by atoms with Gasteiger partial charge in [-0.2, -0.15) is 0 Å². The lowest BCUT2D eigenvalue weighted by molar-refractivity contribution is 0.322. The highest BCUT2D eigenvalue weighted by Gasteiger charge is 2.26. The zero-order chi connectivity index (χ0) is 13.1. The van der Waals surface area contributed by atoms with Crippen LogP contribution in [0.15, 0.2) is 24.3 Å². The van der Waals surface area contributed by atoms with Crippen molar-refractivity contribution < 1.29 is 4.74 Å². The number of nitrogens with zero attached hydrogens (tertiary/aromatic N) is 1. The van der Waals surface area contributed by atoms with Crippen molar-refractivity contribution in [1.29, 1.82) is 5.41 Å². The van der Waals surface area contributed by atoms with E-state index in [-0.39, 0.29) is 0 Å². The van der Waals surface area contributed by atoms with Gasteiger partial charge in [0.1, 0.15) is 11.6 Å². The second kappa shape index (κ2) is 5.64. The standard InChI is InChI=1S/C16H22N2O/c17-16(13-7-2-1-3-8-13)18-11-6-12-19-15-10-5-4-9-14(15)18/h4-5,9-10,13,17H,1-3,6-8,11-12H2.